The largest absolute Gasteiger partial charge is 0.215 e. The van der Waals surface area contributed by atoms with Crippen LogP contribution in [0.15, 0.2) is 0 Å². The minimum absolute atomic E-state index is 0.883. The summed E-state index contributed by atoms with van der Waals surface area (Å²) in [6, 6.07) is 0. The Kier molecular flexibility index (Phi) is 3.55. The number of rotatable bonds is 3. The third kappa shape index (κ3) is 2.49. The fraction of sp³-hybridized carbons (Fsp3) is 0.667. The second kappa shape index (κ2) is 4.23. The minimum atomic E-state index is 0.883. The van der Waals surface area contributed by atoms with E-state index in [1.165, 1.54) is 29.4 Å². The second-order valence-electron chi connectivity index (χ2n) is 2.06. The van der Waals surface area contributed by atoms with Crippen LogP contribution in [0, 0.1) is 3.83 Å². The summed E-state index contributed by atoms with van der Waals surface area (Å²) >= 11 is 3.66. The Hall–Kier alpha value is 0.290. The number of aromatic nitrogens is 2. The fourth-order valence-electron chi connectivity index (χ4n) is 0.664. The molecule has 1 aromatic heterocycles. The van der Waals surface area contributed by atoms with E-state index in [9.17, 15) is 0 Å². The lowest BCUT2D eigenvalue weighted by Gasteiger charge is -1.88. The number of aryl methyl sites for hydroxylation is 1. The van der Waals surface area contributed by atoms with Gasteiger partial charge in [-0.25, -0.2) is 4.98 Å². The molecule has 0 unspecified atom stereocenters. The summed E-state index contributed by atoms with van der Waals surface area (Å²) in [5.41, 5.74) is 0. The third-order valence-corrected chi connectivity index (χ3v) is 2.77. The van der Waals surface area contributed by atoms with Crippen LogP contribution in [0.5, 0.6) is 0 Å². The average Bonchev–Trinajstić information content (AvgIpc) is 2.31. The van der Waals surface area contributed by atoms with Gasteiger partial charge in [0, 0.05) is 29.0 Å². The normalized spacial score (nSPS) is 10.2. The Labute approximate surface area is 78.4 Å². The summed E-state index contributed by atoms with van der Waals surface area (Å²) in [4.78, 5) is 4.24. The molecule has 0 bridgehead atoms. The van der Waals surface area contributed by atoms with E-state index in [0.29, 0.717) is 0 Å². The standard InChI is InChI=1S/C6H9IN2S/c1-2-3-4-5-8-6(7)9-10-5/h2-4H2,1H3. The second-order valence-corrected chi connectivity index (χ2v) is 3.86. The molecular formula is C6H9IN2S. The van der Waals surface area contributed by atoms with E-state index in [2.05, 4.69) is 38.9 Å². The van der Waals surface area contributed by atoms with E-state index in [4.69, 9.17) is 0 Å². The molecule has 1 rings (SSSR count). The van der Waals surface area contributed by atoms with Gasteiger partial charge in [0.05, 0.1) is 0 Å². The number of nitrogens with zero attached hydrogens (tertiary/aromatic N) is 2. The minimum Gasteiger partial charge on any atom is -0.215 e. The van der Waals surface area contributed by atoms with Gasteiger partial charge in [-0.15, -0.1) is 0 Å². The molecule has 0 fully saturated rings. The molecule has 1 heterocycles. The van der Waals surface area contributed by atoms with E-state index in [-0.39, 0.29) is 0 Å². The average molecular weight is 268 g/mol. The van der Waals surface area contributed by atoms with Gasteiger partial charge >= 0.3 is 0 Å². The third-order valence-electron chi connectivity index (χ3n) is 1.19. The van der Waals surface area contributed by atoms with Crippen LogP contribution in [0.1, 0.15) is 24.8 Å². The topological polar surface area (TPSA) is 25.8 Å². The quantitative estimate of drug-likeness (QED) is 0.787. The molecule has 4 heteroatoms. The van der Waals surface area contributed by atoms with Crippen molar-refractivity contribution in [3.05, 3.63) is 8.84 Å². The highest BCUT2D eigenvalue weighted by molar-refractivity contribution is 14.1. The van der Waals surface area contributed by atoms with Crippen molar-refractivity contribution in [2.45, 2.75) is 26.2 Å². The predicted molar refractivity (Wildman–Crippen MR) is 51.2 cm³/mol. The molecule has 0 atom stereocenters. The van der Waals surface area contributed by atoms with Gasteiger partial charge in [0.2, 0.25) is 3.83 Å². The molecule has 56 valence electrons. The molecule has 0 aromatic carbocycles. The van der Waals surface area contributed by atoms with Gasteiger partial charge in [0.1, 0.15) is 5.01 Å². The number of halogens is 1. The van der Waals surface area contributed by atoms with Crippen molar-refractivity contribution in [3.63, 3.8) is 0 Å². The van der Waals surface area contributed by atoms with Gasteiger partial charge < -0.3 is 0 Å². The van der Waals surface area contributed by atoms with Crippen LogP contribution in [-0.4, -0.2) is 9.36 Å². The Morgan fingerprint density at radius 2 is 2.40 bits per heavy atom. The van der Waals surface area contributed by atoms with E-state index >= 15 is 0 Å². The van der Waals surface area contributed by atoms with Gasteiger partial charge in [-0.05, 0) is 18.0 Å². The molecule has 1 aromatic rings. The molecule has 0 saturated heterocycles. The van der Waals surface area contributed by atoms with Crippen LogP contribution >= 0.6 is 34.1 Å². The lowest BCUT2D eigenvalue weighted by molar-refractivity contribution is 0.788. The van der Waals surface area contributed by atoms with Crippen LogP contribution in [-0.2, 0) is 6.42 Å². The van der Waals surface area contributed by atoms with Crippen molar-refractivity contribution in [2.75, 3.05) is 0 Å². The van der Waals surface area contributed by atoms with E-state index in [1.807, 2.05) is 0 Å². The van der Waals surface area contributed by atoms with Crippen molar-refractivity contribution >= 4 is 34.1 Å². The van der Waals surface area contributed by atoms with Crippen molar-refractivity contribution in [3.8, 4) is 0 Å². The zero-order valence-electron chi connectivity index (χ0n) is 5.80. The van der Waals surface area contributed by atoms with Gasteiger partial charge in [0.15, 0.2) is 0 Å². The first-order valence-electron chi connectivity index (χ1n) is 3.31. The van der Waals surface area contributed by atoms with Crippen LogP contribution in [0.4, 0.5) is 0 Å². The fourth-order valence-corrected chi connectivity index (χ4v) is 2.00. The van der Waals surface area contributed by atoms with Crippen molar-refractivity contribution in [1.82, 2.24) is 9.36 Å². The first-order valence-corrected chi connectivity index (χ1v) is 5.16. The van der Waals surface area contributed by atoms with Crippen LogP contribution in [0.2, 0.25) is 0 Å². The molecule has 0 aliphatic carbocycles. The SMILES string of the molecule is CCCCc1nc(I)ns1. The molecule has 0 N–H and O–H groups in total. The number of hydrogen-bond donors (Lipinski definition) is 0. The highest BCUT2D eigenvalue weighted by atomic mass is 127. The summed E-state index contributed by atoms with van der Waals surface area (Å²) in [6.45, 7) is 2.19. The Balaban J connectivity index is 2.42. The zero-order valence-corrected chi connectivity index (χ0v) is 8.78. The van der Waals surface area contributed by atoms with E-state index in [1.54, 1.807) is 0 Å². The van der Waals surface area contributed by atoms with E-state index < -0.39 is 0 Å². The van der Waals surface area contributed by atoms with Crippen molar-refractivity contribution in [1.29, 1.82) is 0 Å². The summed E-state index contributed by atoms with van der Waals surface area (Å²) < 4.78 is 4.97. The molecule has 2 nitrogen and oxygen atoms in total. The molecule has 0 spiro atoms. The highest BCUT2D eigenvalue weighted by Gasteiger charge is 1.98. The van der Waals surface area contributed by atoms with Crippen molar-refractivity contribution in [2.24, 2.45) is 0 Å². The molecular weight excluding hydrogens is 259 g/mol. The van der Waals surface area contributed by atoms with E-state index in [0.717, 1.165) is 10.3 Å². The Bertz CT molecular complexity index is 199. The first kappa shape index (κ1) is 8.39. The summed E-state index contributed by atoms with van der Waals surface area (Å²) in [6.07, 6.45) is 3.55. The zero-order chi connectivity index (χ0) is 7.40. The molecule has 0 saturated carbocycles. The summed E-state index contributed by atoms with van der Waals surface area (Å²) in [5, 5.41) is 1.17. The number of hydrogen-bond acceptors (Lipinski definition) is 3. The summed E-state index contributed by atoms with van der Waals surface area (Å²) in [5.74, 6) is 0. The van der Waals surface area contributed by atoms with Gasteiger partial charge in [-0.2, -0.15) is 4.37 Å². The molecule has 0 radical (unpaired) electrons. The van der Waals surface area contributed by atoms with Crippen LogP contribution < -0.4 is 0 Å². The summed E-state index contributed by atoms with van der Waals surface area (Å²) in [7, 11) is 0. The van der Waals surface area contributed by atoms with Gasteiger partial charge in [-0.1, -0.05) is 13.3 Å². The Morgan fingerprint density at radius 3 is 2.90 bits per heavy atom. The Morgan fingerprint density at radius 1 is 1.60 bits per heavy atom. The van der Waals surface area contributed by atoms with Crippen LogP contribution in [0.25, 0.3) is 0 Å². The monoisotopic (exact) mass is 268 g/mol. The molecule has 0 aliphatic rings. The maximum absolute atomic E-state index is 4.24. The van der Waals surface area contributed by atoms with Crippen LogP contribution in [0.3, 0.4) is 0 Å². The molecule has 0 amide bonds. The van der Waals surface area contributed by atoms with Crippen molar-refractivity contribution < 1.29 is 0 Å². The maximum atomic E-state index is 4.24. The maximum Gasteiger partial charge on any atom is 0.203 e. The van der Waals surface area contributed by atoms with Gasteiger partial charge in [0.25, 0.3) is 0 Å². The molecule has 0 aliphatic heterocycles. The smallest absolute Gasteiger partial charge is 0.203 e. The first-order chi connectivity index (χ1) is 4.83. The molecule has 10 heavy (non-hydrogen) atoms. The lowest BCUT2D eigenvalue weighted by Crippen LogP contribution is -1.82. The predicted octanol–water partition coefficient (Wildman–Crippen LogP) is 2.49. The number of unbranched alkanes of at least 4 members (excludes halogenated alkanes) is 1. The highest BCUT2D eigenvalue weighted by Crippen LogP contribution is 2.09. The van der Waals surface area contributed by atoms with Gasteiger partial charge in [-0.3, -0.25) is 0 Å². The lowest BCUT2D eigenvalue weighted by atomic mass is 10.3.